The van der Waals surface area contributed by atoms with Crippen molar-refractivity contribution in [1.29, 1.82) is 0 Å². The summed E-state index contributed by atoms with van der Waals surface area (Å²) in [5.74, 6) is 1.12. The molecular weight excluding hydrogens is 122 g/mol. The highest BCUT2D eigenvalue weighted by Gasteiger charge is 2.13. The number of unbranched alkanes of at least 4 members (excludes halogenated alkanes) is 1. The molecule has 62 valence electrons. The molecule has 0 aromatic rings. The molecule has 0 saturated heterocycles. The van der Waals surface area contributed by atoms with E-state index in [0.29, 0.717) is 0 Å². The normalized spacial score (nSPS) is 18.9. The van der Waals surface area contributed by atoms with Gasteiger partial charge >= 0.3 is 0 Å². The standard InChI is InChI=1S/C9H18.H3N/c1-2-3-6-9-7-4-5-8-9;/h9H,2-8H2,1H3;1H3. The van der Waals surface area contributed by atoms with Gasteiger partial charge in [0.1, 0.15) is 0 Å². The van der Waals surface area contributed by atoms with Crippen molar-refractivity contribution in [3.8, 4) is 0 Å². The quantitative estimate of drug-likeness (QED) is 0.644. The average molecular weight is 143 g/mol. The summed E-state index contributed by atoms with van der Waals surface area (Å²) in [7, 11) is 0. The Morgan fingerprint density at radius 3 is 2.30 bits per heavy atom. The summed E-state index contributed by atoms with van der Waals surface area (Å²) < 4.78 is 0. The minimum Gasteiger partial charge on any atom is -0.344 e. The fourth-order valence-electron chi connectivity index (χ4n) is 1.79. The first kappa shape index (κ1) is 9.96. The molecule has 0 aromatic heterocycles. The van der Waals surface area contributed by atoms with Crippen LogP contribution in [0.4, 0.5) is 0 Å². The molecule has 1 aliphatic carbocycles. The monoisotopic (exact) mass is 143 g/mol. The predicted molar refractivity (Wildman–Crippen MR) is 46.5 cm³/mol. The first-order valence-corrected chi connectivity index (χ1v) is 4.43. The molecule has 1 rings (SSSR count). The molecular formula is C9H21N. The summed E-state index contributed by atoms with van der Waals surface area (Å²) in [6.45, 7) is 2.29. The first-order valence-electron chi connectivity index (χ1n) is 4.43. The summed E-state index contributed by atoms with van der Waals surface area (Å²) in [6.07, 6.45) is 10.4. The van der Waals surface area contributed by atoms with Crippen molar-refractivity contribution in [2.45, 2.75) is 51.9 Å². The van der Waals surface area contributed by atoms with Gasteiger partial charge in [0.05, 0.1) is 0 Å². The lowest BCUT2D eigenvalue weighted by Gasteiger charge is -2.05. The summed E-state index contributed by atoms with van der Waals surface area (Å²) in [4.78, 5) is 0. The van der Waals surface area contributed by atoms with E-state index in [4.69, 9.17) is 0 Å². The van der Waals surface area contributed by atoms with Gasteiger partial charge in [0.2, 0.25) is 0 Å². The van der Waals surface area contributed by atoms with Gasteiger partial charge in [-0.2, -0.15) is 0 Å². The summed E-state index contributed by atoms with van der Waals surface area (Å²) in [5.41, 5.74) is 0. The lowest BCUT2D eigenvalue weighted by Crippen LogP contribution is -1.91. The van der Waals surface area contributed by atoms with Crippen LogP contribution in [0, 0.1) is 5.92 Å². The highest BCUT2D eigenvalue weighted by atomic mass is 14.2. The Morgan fingerprint density at radius 1 is 1.20 bits per heavy atom. The molecule has 1 saturated carbocycles. The van der Waals surface area contributed by atoms with Gasteiger partial charge in [0, 0.05) is 0 Å². The Labute approximate surface area is 64.8 Å². The van der Waals surface area contributed by atoms with Gasteiger partial charge in [-0.1, -0.05) is 51.9 Å². The van der Waals surface area contributed by atoms with Crippen LogP contribution in [0.15, 0.2) is 0 Å². The number of hydrogen-bond donors (Lipinski definition) is 1. The van der Waals surface area contributed by atoms with Crippen molar-refractivity contribution < 1.29 is 0 Å². The molecule has 1 aliphatic rings. The summed E-state index contributed by atoms with van der Waals surface area (Å²) in [5, 5.41) is 0. The van der Waals surface area contributed by atoms with E-state index in [1.54, 1.807) is 0 Å². The maximum absolute atomic E-state index is 2.29. The third kappa shape index (κ3) is 3.21. The Balaban J connectivity index is 0.000000810. The van der Waals surface area contributed by atoms with Crippen LogP contribution in [-0.2, 0) is 0 Å². The first-order chi connectivity index (χ1) is 4.43. The molecule has 0 atom stereocenters. The highest BCUT2D eigenvalue weighted by molar-refractivity contribution is 4.66. The van der Waals surface area contributed by atoms with E-state index in [0.717, 1.165) is 5.92 Å². The lowest BCUT2D eigenvalue weighted by atomic mass is 10.0. The molecule has 0 aromatic carbocycles. The molecule has 0 heterocycles. The Morgan fingerprint density at radius 2 is 1.80 bits per heavy atom. The Bertz CT molecular complexity index is 65.1. The van der Waals surface area contributed by atoms with Crippen LogP contribution in [0.2, 0.25) is 0 Å². The maximum atomic E-state index is 2.29. The van der Waals surface area contributed by atoms with Crippen LogP contribution < -0.4 is 6.15 Å². The third-order valence-electron chi connectivity index (χ3n) is 2.44. The molecule has 0 bridgehead atoms. The minimum absolute atomic E-state index is 0. The van der Waals surface area contributed by atoms with Crippen LogP contribution in [0.25, 0.3) is 0 Å². The topological polar surface area (TPSA) is 35.0 Å². The summed E-state index contributed by atoms with van der Waals surface area (Å²) >= 11 is 0. The third-order valence-corrected chi connectivity index (χ3v) is 2.44. The van der Waals surface area contributed by atoms with Crippen molar-refractivity contribution in [3.63, 3.8) is 0 Å². The van der Waals surface area contributed by atoms with Gasteiger partial charge in [0.15, 0.2) is 0 Å². The molecule has 0 radical (unpaired) electrons. The van der Waals surface area contributed by atoms with Crippen molar-refractivity contribution in [2.75, 3.05) is 0 Å². The van der Waals surface area contributed by atoms with Gasteiger partial charge in [-0.05, 0) is 5.92 Å². The highest BCUT2D eigenvalue weighted by Crippen LogP contribution is 2.28. The molecule has 1 nitrogen and oxygen atoms in total. The molecule has 3 N–H and O–H groups in total. The summed E-state index contributed by atoms with van der Waals surface area (Å²) in [6, 6.07) is 0. The number of hydrogen-bond acceptors (Lipinski definition) is 1. The Hall–Kier alpha value is -0.0400. The smallest absolute Gasteiger partial charge is 0.0414 e. The zero-order valence-corrected chi connectivity index (χ0v) is 7.23. The molecule has 0 spiro atoms. The van der Waals surface area contributed by atoms with Crippen LogP contribution in [0.3, 0.4) is 0 Å². The van der Waals surface area contributed by atoms with Crippen LogP contribution >= 0.6 is 0 Å². The van der Waals surface area contributed by atoms with Gasteiger partial charge in [-0.3, -0.25) is 0 Å². The van der Waals surface area contributed by atoms with Crippen LogP contribution in [-0.4, -0.2) is 0 Å². The van der Waals surface area contributed by atoms with Crippen molar-refractivity contribution in [1.82, 2.24) is 6.15 Å². The van der Waals surface area contributed by atoms with Crippen molar-refractivity contribution in [3.05, 3.63) is 0 Å². The van der Waals surface area contributed by atoms with Crippen molar-refractivity contribution in [2.24, 2.45) is 5.92 Å². The van der Waals surface area contributed by atoms with Crippen molar-refractivity contribution >= 4 is 0 Å². The van der Waals surface area contributed by atoms with E-state index in [2.05, 4.69) is 6.92 Å². The molecule has 10 heavy (non-hydrogen) atoms. The second-order valence-corrected chi connectivity index (χ2v) is 3.29. The van der Waals surface area contributed by atoms with Gasteiger partial charge < -0.3 is 6.15 Å². The molecule has 0 amide bonds. The molecule has 0 unspecified atom stereocenters. The molecule has 0 aliphatic heterocycles. The maximum Gasteiger partial charge on any atom is -0.0414 e. The van der Waals surface area contributed by atoms with E-state index in [1.165, 1.54) is 44.9 Å². The van der Waals surface area contributed by atoms with Gasteiger partial charge in [0.25, 0.3) is 0 Å². The number of rotatable bonds is 3. The van der Waals surface area contributed by atoms with Crippen LogP contribution in [0.5, 0.6) is 0 Å². The molecule has 1 heteroatoms. The molecule has 1 fully saturated rings. The van der Waals surface area contributed by atoms with Crippen LogP contribution in [0.1, 0.15) is 51.9 Å². The zero-order chi connectivity index (χ0) is 6.53. The minimum atomic E-state index is 0. The van der Waals surface area contributed by atoms with E-state index in [-0.39, 0.29) is 6.15 Å². The van der Waals surface area contributed by atoms with E-state index < -0.39 is 0 Å². The predicted octanol–water partition coefficient (Wildman–Crippen LogP) is 3.53. The lowest BCUT2D eigenvalue weighted by molar-refractivity contribution is 0.480. The van der Waals surface area contributed by atoms with Gasteiger partial charge in [-0.15, -0.1) is 0 Å². The zero-order valence-electron chi connectivity index (χ0n) is 7.23. The fourth-order valence-corrected chi connectivity index (χ4v) is 1.79. The SMILES string of the molecule is CCCCC1CCCC1.N. The van der Waals surface area contributed by atoms with E-state index >= 15 is 0 Å². The van der Waals surface area contributed by atoms with E-state index in [9.17, 15) is 0 Å². The fraction of sp³-hybridized carbons (Fsp3) is 1.00. The van der Waals surface area contributed by atoms with Gasteiger partial charge in [-0.25, -0.2) is 0 Å². The largest absolute Gasteiger partial charge is 0.344 e. The second-order valence-electron chi connectivity index (χ2n) is 3.29. The average Bonchev–Trinajstić information content (AvgIpc) is 2.34. The van der Waals surface area contributed by atoms with E-state index in [1.807, 2.05) is 0 Å². The Kier molecular flexibility index (Phi) is 5.70. The second kappa shape index (κ2) is 5.72.